The van der Waals surface area contributed by atoms with Gasteiger partial charge in [-0.05, 0) is 124 Å². The zero-order valence-electron chi connectivity index (χ0n) is 42.2. The van der Waals surface area contributed by atoms with Crippen LogP contribution in [0.1, 0.15) is 102 Å². The Bertz CT molecular complexity index is 2840. The number of ether oxygens (including phenoxy) is 6. The Labute approximate surface area is 419 Å². The van der Waals surface area contributed by atoms with Crippen LogP contribution in [0.3, 0.4) is 0 Å². The summed E-state index contributed by atoms with van der Waals surface area (Å²) >= 11 is 0. The third-order valence-electron chi connectivity index (χ3n) is 15.7. The molecule has 0 radical (unpaired) electrons. The van der Waals surface area contributed by atoms with Gasteiger partial charge in [0.25, 0.3) is 0 Å². The average Bonchev–Trinajstić information content (AvgIpc) is 4.19. The average molecular weight is 989 g/mol. The van der Waals surface area contributed by atoms with Gasteiger partial charge in [0, 0.05) is 43.0 Å². The van der Waals surface area contributed by atoms with Gasteiger partial charge < -0.3 is 59.0 Å². The number of likely N-dealkylation sites (tertiary alicyclic amines) is 2. The molecule has 3 amide bonds. The van der Waals surface area contributed by atoms with Gasteiger partial charge in [0.05, 0.1) is 85.9 Å². The van der Waals surface area contributed by atoms with Crippen molar-refractivity contribution in [1.29, 1.82) is 0 Å². The highest BCUT2D eigenvalue weighted by Gasteiger charge is 2.46. The number of hydrogen-bond donors (Lipinski definition) is 5. The number of imidazole rings is 2. The van der Waals surface area contributed by atoms with Gasteiger partial charge in [-0.25, -0.2) is 19.6 Å². The molecule has 18 heteroatoms. The second-order valence-electron chi connectivity index (χ2n) is 20.8. The Hall–Kier alpha value is -6.21. The van der Waals surface area contributed by atoms with Gasteiger partial charge in [-0.2, -0.15) is 0 Å². The first kappa shape index (κ1) is 49.4. The number of methoxy groups -OCH3 is 3. The van der Waals surface area contributed by atoms with Crippen LogP contribution in [0.5, 0.6) is 5.75 Å². The van der Waals surface area contributed by atoms with Crippen molar-refractivity contribution in [1.82, 2.24) is 40.4 Å². The highest BCUT2D eigenvalue weighted by molar-refractivity contribution is 6.07. The number of benzene rings is 3. The molecule has 5 aromatic rings. The molecule has 384 valence electrons. The summed E-state index contributed by atoms with van der Waals surface area (Å²) < 4.78 is 33.9. The standard InChI is InChI=1S/C54H68N8O10/c1-27-9-14-43(62(27)52(64)47(60-54(66)69-8)36-17-30(4)72-31(5)18-36)50-56-41-13-11-33-21-40-38-12-10-34(20-37(38)26-70-45(40)22-39(33)48(41)58-50)42-23-55-49(57-42)44-19-32(25-67-6)24-61(44)51(63)46(59-53(65)68-7)35-15-28(2)71-29(3)16-35/h10-13,20-23,27,29-32,35-36,43-44,46-47,52,64H,2,9,14-19,24-26H2,1,3-8H3,(H,55,57)(H,56,58)(H,59,65)(H,60,66)/t27-,29+,30+,31+,32-,35?,43-,44-,46-,47-,52?/m0/s1. The molecule has 4 saturated heterocycles. The molecule has 2 unspecified atom stereocenters. The molecule has 5 N–H and O–H groups in total. The lowest BCUT2D eigenvalue weighted by Gasteiger charge is -2.43. The fourth-order valence-electron chi connectivity index (χ4n) is 12.5. The maximum absolute atomic E-state index is 14.6. The van der Waals surface area contributed by atoms with E-state index >= 15 is 0 Å². The Morgan fingerprint density at radius 2 is 1.64 bits per heavy atom. The normalized spacial score (nSPS) is 27.6. The fourth-order valence-corrected chi connectivity index (χ4v) is 12.5. The summed E-state index contributed by atoms with van der Waals surface area (Å²) in [5, 5.41) is 20.0. The van der Waals surface area contributed by atoms with Gasteiger partial charge in [-0.1, -0.05) is 24.8 Å². The van der Waals surface area contributed by atoms with Gasteiger partial charge in [0.2, 0.25) is 5.91 Å². The van der Waals surface area contributed by atoms with Gasteiger partial charge in [-0.3, -0.25) is 9.69 Å². The molecule has 7 heterocycles. The molecule has 2 aromatic heterocycles. The predicted molar refractivity (Wildman–Crippen MR) is 268 cm³/mol. The van der Waals surface area contributed by atoms with E-state index in [1.54, 1.807) is 7.11 Å². The minimum Gasteiger partial charge on any atom is -0.496 e. The number of amides is 3. The Kier molecular flexibility index (Phi) is 14.0. The molecule has 72 heavy (non-hydrogen) atoms. The van der Waals surface area contributed by atoms with Crippen molar-refractivity contribution in [2.24, 2.45) is 17.8 Å². The largest absolute Gasteiger partial charge is 0.496 e. The summed E-state index contributed by atoms with van der Waals surface area (Å²) in [6, 6.07) is 12.8. The van der Waals surface area contributed by atoms with Crippen molar-refractivity contribution < 1.29 is 47.9 Å². The molecule has 11 atom stereocenters. The molecule has 0 spiro atoms. The van der Waals surface area contributed by atoms with Crippen LogP contribution in [0.25, 0.3) is 44.2 Å². The van der Waals surface area contributed by atoms with Crippen molar-refractivity contribution in [3.05, 3.63) is 78.2 Å². The smallest absolute Gasteiger partial charge is 0.407 e. The second kappa shape index (κ2) is 20.4. The van der Waals surface area contributed by atoms with Crippen LogP contribution in [-0.2, 0) is 35.1 Å². The highest BCUT2D eigenvalue weighted by Crippen LogP contribution is 2.45. The molecule has 0 aliphatic carbocycles. The van der Waals surface area contributed by atoms with Crippen molar-refractivity contribution in [3.63, 3.8) is 0 Å². The topological polar surface area (TPSA) is 215 Å². The number of fused-ring (bicyclic) bond motifs is 6. The SMILES string of the molecule is C=C1CC([C@H](NC(=O)OC)C(=O)N2C[C@@H](COC)C[C@H]2c2ncc(-c3ccc4c(c3)COc3cc5c(ccc6[nH]c([C@@H]7CC[C@H](C)N7C(O)[C@@H](NC(=O)OC)C7C[C@@H](C)O[C@H](C)C7)nc65)cc3-4)[nH]2)C[C@@H](C)O1. The van der Waals surface area contributed by atoms with Crippen molar-refractivity contribution in [3.8, 4) is 28.1 Å². The van der Waals surface area contributed by atoms with Crippen LogP contribution in [0, 0.1) is 17.8 Å². The highest BCUT2D eigenvalue weighted by atomic mass is 16.5. The third kappa shape index (κ3) is 9.61. The monoisotopic (exact) mass is 989 g/mol. The van der Waals surface area contributed by atoms with Gasteiger partial charge in [0.15, 0.2) is 0 Å². The first-order chi connectivity index (χ1) is 34.7. The van der Waals surface area contributed by atoms with Crippen LogP contribution in [0.4, 0.5) is 9.59 Å². The van der Waals surface area contributed by atoms with Gasteiger partial charge >= 0.3 is 12.2 Å². The molecule has 0 bridgehead atoms. The first-order valence-corrected chi connectivity index (χ1v) is 25.4. The minimum absolute atomic E-state index is 0.00100. The van der Waals surface area contributed by atoms with Crippen LogP contribution in [-0.4, -0.2) is 130 Å². The summed E-state index contributed by atoms with van der Waals surface area (Å²) in [6.45, 7) is 13.4. The summed E-state index contributed by atoms with van der Waals surface area (Å²) in [7, 11) is 4.30. The van der Waals surface area contributed by atoms with E-state index in [1.807, 2.05) is 31.9 Å². The van der Waals surface area contributed by atoms with Crippen molar-refractivity contribution >= 4 is 39.9 Å². The zero-order chi connectivity index (χ0) is 50.5. The second-order valence-corrected chi connectivity index (χ2v) is 20.8. The number of aliphatic hydroxyl groups is 1. The van der Waals surface area contributed by atoms with E-state index in [-0.39, 0.29) is 60.1 Å². The van der Waals surface area contributed by atoms with Crippen LogP contribution >= 0.6 is 0 Å². The lowest BCUT2D eigenvalue weighted by molar-refractivity contribution is -0.137. The molecule has 0 saturated carbocycles. The Balaban J connectivity index is 0.897. The number of rotatable bonds is 12. The van der Waals surface area contributed by atoms with E-state index in [2.05, 4.69) is 81.5 Å². The number of aromatic nitrogens is 4. The van der Waals surface area contributed by atoms with E-state index in [0.717, 1.165) is 74.2 Å². The van der Waals surface area contributed by atoms with E-state index in [0.29, 0.717) is 63.4 Å². The maximum atomic E-state index is 14.6. The molecule has 3 aromatic carbocycles. The molecule has 4 fully saturated rings. The van der Waals surface area contributed by atoms with Crippen LogP contribution < -0.4 is 15.4 Å². The van der Waals surface area contributed by atoms with E-state index in [9.17, 15) is 19.5 Å². The quantitative estimate of drug-likeness (QED) is 0.0802. The molecular weight excluding hydrogens is 921 g/mol. The van der Waals surface area contributed by atoms with Crippen LogP contribution in [0.2, 0.25) is 0 Å². The number of nitrogens with zero attached hydrogens (tertiary/aromatic N) is 4. The summed E-state index contributed by atoms with van der Waals surface area (Å²) in [4.78, 5) is 61.1. The van der Waals surface area contributed by atoms with Crippen LogP contribution in [0.15, 0.2) is 61.0 Å². The lowest BCUT2D eigenvalue weighted by Crippen LogP contribution is -2.58. The predicted octanol–water partition coefficient (Wildman–Crippen LogP) is 8.03. The number of hydrogen-bond acceptors (Lipinski definition) is 13. The number of H-pyrrole nitrogens is 2. The molecule has 10 rings (SSSR count). The van der Waals surface area contributed by atoms with Crippen molar-refractivity contribution in [2.45, 2.75) is 134 Å². The van der Waals surface area contributed by atoms with E-state index in [4.69, 9.17) is 38.4 Å². The summed E-state index contributed by atoms with van der Waals surface area (Å²) in [5.74, 6) is 2.39. The summed E-state index contributed by atoms with van der Waals surface area (Å²) in [5.41, 5.74) is 6.53. The number of aliphatic hydroxyl groups excluding tert-OH is 1. The molecule has 18 nitrogen and oxygen atoms in total. The first-order valence-electron chi connectivity index (χ1n) is 25.4. The van der Waals surface area contributed by atoms with Gasteiger partial charge in [0.1, 0.15) is 36.3 Å². The number of alkyl carbamates (subject to hydrolysis) is 2. The molecular formula is C54H68N8O10. The van der Waals surface area contributed by atoms with Crippen molar-refractivity contribution in [2.75, 3.05) is 34.5 Å². The summed E-state index contributed by atoms with van der Waals surface area (Å²) in [6.07, 6.45) is 4.14. The minimum atomic E-state index is -0.984. The number of aromatic amines is 2. The third-order valence-corrected chi connectivity index (χ3v) is 15.7. The van der Waals surface area contributed by atoms with E-state index in [1.165, 1.54) is 14.2 Å². The number of allylic oxidation sites excluding steroid dienone is 1. The molecule has 5 aliphatic heterocycles. The maximum Gasteiger partial charge on any atom is 0.407 e. The zero-order valence-corrected chi connectivity index (χ0v) is 42.2. The fraction of sp³-hybridized carbons (Fsp3) is 0.537. The molecule has 5 aliphatic rings. The number of carbonyl (C=O) groups excluding carboxylic acids is 3. The van der Waals surface area contributed by atoms with Gasteiger partial charge in [-0.15, -0.1) is 0 Å². The number of nitrogens with one attached hydrogen (secondary N) is 4. The lowest BCUT2D eigenvalue weighted by atomic mass is 9.84. The Morgan fingerprint density at radius 3 is 2.39 bits per heavy atom. The number of carbonyl (C=O) groups is 3. The Morgan fingerprint density at radius 1 is 0.875 bits per heavy atom. The van der Waals surface area contributed by atoms with E-state index < -0.39 is 30.5 Å².